The number of rotatable bonds is 1. The topological polar surface area (TPSA) is 32.7 Å². The number of nitrogens with zero attached hydrogens (tertiary/aromatic N) is 2. The van der Waals surface area contributed by atoms with Crippen LogP contribution in [0.15, 0.2) is 29.3 Å². The van der Waals surface area contributed by atoms with Crippen molar-refractivity contribution in [2.45, 2.75) is 20.8 Å². The second-order valence-electron chi connectivity index (χ2n) is 5.45. The molecule has 0 radical (unpaired) electrons. The molecule has 0 saturated carbocycles. The second-order valence-corrected chi connectivity index (χ2v) is 6.65. The van der Waals surface area contributed by atoms with Gasteiger partial charge in [-0.2, -0.15) is 0 Å². The molecule has 1 aliphatic heterocycles. The third kappa shape index (κ3) is 2.29. The molecule has 0 N–H and O–H groups in total. The normalized spacial score (nSPS) is 14.8. The van der Waals surface area contributed by atoms with Crippen LogP contribution in [0, 0.1) is 20.8 Å². The minimum atomic E-state index is 0.0413. The highest BCUT2D eigenvalue weighted by molar-refractivity contribution is 7.17. The van der Waals surface area contributed by atoms with Gasteiger partial charge >= 0.3 is 0 Å². The highest BCUT2D eigenvalue weighted by Crippen LogP contribution is 2.37. The molecule has 21 heavy (non-hydrogen) atoms. The Bertz CT molecular complexity index is 741. The van der Waals surface area contributed by atoms with Crippen molar-refractivity contribution in [3.63, 3.8) is 0 Å². The summed E-state index contributed by atoms with van der Waals surface area (Å²) >= 11 is 1.67. The molecule has 108 valence electrons. The number of carbonyl (C=O) groups is 1. The van der Waals surface area contributed by atoms with Gasteiger partial charge < -0.3 is 4.90 Å². The van der Waals surface area contributed by atoms with Crippen LogP contribution in [0.2, 0.25) is 0 Å². The summed E-state index contributed by atoms with van der Waals surface area (Å²) in [4.78, 5) is 19.7. The van der Waals surface area contributed by atoms with Crippen LogP contribution < -0.4 is 4.90 Å². The fraction of sp³-hybridized carbons (Fsp3) is 0.294. The van der Waals surface area contributed by atoms with E-state index in [1.807, 2.05) is 7.05 Å². The number of fused-ring (bicyclic) bond motifs is 1. The zero-order valence-corrected chi connectivity index (χ0v) is 13.5. The van der Waals surface area contributed by atoms with E-state index in [4.69, 9.17) is 0 Å². The Hall–Kier alpha value is -1.94. The van der Waals surface area contributed by atoms with Crippen LogP contribution in [-0.4, -0.2) is 25.2 Å². The number of carbonyl (C=O) groups excluding carboxylic acids is 1. The lowest BCUT2D eigenvalue weighted by Crippen LogP contribution is -2.26. The molecule has 0 atom stereocenters. The number of amides is 1. The van der Waals surface area contributed by atoms with Crippen LogP contribution in [0.25, 0.3) is 0 Å². The van der Waals surface area contributed by atoms with Crippen molar-refractivity contribution >= 4 is 28.0 Å². The second kappa shape index (κ2) is 5.11. The summed E-state index contributed by atoms with van der Waals surface area (Å²) in [6.45, 7) is 6.48. The predicted octanol–water partition coefficient (Wildman–Crippen LogP) is 3.49. The largest absolute Gasteiger partial charge is 0.305 e. The molecule has 3 nitrogen and oxygen atoms in total. The van der Waals surface area contributed by atoms with Crippen LogP contribution in [0.3, 0.4) is 0 Å². The molecule has 1 amide bonds. The van der Waals surface area contributed by atoms with Gasteiger partial charge in [0.15, 0.2) is 0 Å². The minimum Gasteiger partial charge on any atom is -0.305 e. The first kappa shape index (κ1) is 14.0. The summed E-state index contributed by atoms with van der Waals surface area (Å²) < 4.78 is 0. The van der Waals surface area contributed by atoms with E-state index < -0.39 is 0 Å². The molecular formula is C17H18N2OS. The van der Waals surface area contributed by atoms with E-state index in [1.165, 1.54) is 16.0 Å². The number of hydrogen-bond donors (Lipinski definition) is 0. The minimum absolute atomic E-state index is 0.0413. The lowest BCUT2D eigenvalue weighted by Gasteiger charge is -2.14. The molecule has 2 heterocycles. The summed E-state index contributed by atoms with van der Waals surface area (Å²) in [7, 11) is 1.84. The Morgan fingerprint density at radius 2 is 1.81 bits per heavy atom. The first-order valence-electron chi connectivity index (χ1n) is 6.97. The summed E-state index contributed by atoms with van der Waals surface area (Å²) in [6.07, 6.45) is 0. The van der Waals surface area contributed by atoms with Crippen LogP contribution in [0.1, 0.15) is 27.1 Å². The van der Waals surface area contributed by atoms with Crippen molar-refractivity contribution in [1.29, 1.82) is 0 Å². The SMILES string of the molecule is Cc1ccc(C2=NCC(=O)N(C)c3sc(C)c(C)c32)cc1. The van der Waals surface area contributed by atoms with Crippen molar-refractivity contribution in [2.75, 3.05) is 18.5 Å². The summed E-state index contributed by atoms with van der Waals surface area (Å²) in [6, 6.07) is 8.34. The van der Waals surface area contributed by atoms with E-state index in [0.717, 1.165) is 21.8 Å². The van der Waals surface area contributed by atoms with Crippen LogP contribution in [0.5, 0.6) is 0 Å². The third-order valence-corrected chi connectivity index (χ3v) is 5.26. The molecule has 4 heteroatoms. The lowest BCUT2D eigenvalue weighted by atomic mass is 9.99. The number of aliphatic imine (C=N–C) groups is 1. The van der Waals surface area contributed by atoms with Crippen molar-refractivity contribution in [2.24, 2.45) is 4.99 Å². The molecule has 0 fully saturated rings. The number of aryl methyl sites for hydroxylation is 2. The molecule has 1 aliphatic rings. The Morgan fingerprint density at radius 3 is 2.48 bits per heavy atom. The van der Waals surface area contributed by atoms with Gasteiger partial charge in [0, 0.05) is 23.1 Å². The lowest BCUT2D eigenvalue weighted by molar-refractivity contribution is -0.116. The molecule has 0 aliphatic carbocycles. The average Bonchev–Trinajstić information content (AvgIpc) is 2.70. The summed E-state index contributed by atoms with van der Waals surface area (Å²) in [5.41, 5.74) is 5.56. The summed E-state index contributed by atoms with van der Waals surface area (Å²) in [5, 5.41) is 1.01. The fourth-order valence-corrected chi connectivity index (χ4v) is 3.65. The van der Waals surface area contributed by atoms with Crippen molar-refractivity contribution < 1.29 is 4.79 Å². The van der Waals surface area contributed by atoms with E-state index in [0.29, 0.717) is 0 Å². The van der Waals surface area contributed by atoms with Crippen molar-refractivity contribution in [1.82, 2.24) is 0 Å². The molecule has 3 rings (SSSR count). The van der Waals surface area contributed by atoms with Gasteiger partial charge in [-0.1, -0.05) is 29.8 Å². The van der Waals surface area contributed by atoms with Gasteiger partial charge in [-0.05, 0) is 26.3 Å². The highest BCUT2D eigenvalue weighted by Gasteiger charge is 2.27. The summed E-state index contributed by atoms with van der Waals surface area (Å²) in [5.74, 6) is 0.0413. The number of likely N-dealkylation sites (N-methyl/N-ethyl adjacent to an activating group) is 1. The highest BCUT2D eigenvalue weighted by atomic mass is 32.1. The Labute approximate surface area is 128 Å². The number of benzene rings is 1. The van der Waals surface area contributed by atoms with E-state index >= 15 is 0 Å². The fourth-order valence-electron chi connectivity index (χ4n) is 2.52. The van der Waals surface area contributed by atoms with Crippen molar-refractivity contribution in [3.05, 3.63) is 51.4 Å². The molecular weight excluding hydrogens is 280 g/mol. The molecule has 0 unspecified atom stereocenters. The van der Waals surface area contributed by atoms with Crippen LogP contribution in [-0.2, 0) is 4.79 Å². The quantitative estimate of drug-likeness (QED) is 0.793. The molecule has 1 aromatic heterocycles. The van der Waals surface area contributed by atoms with Gasteiger partial charge in [0.2, 0.25) is 5.91 Å². The smallest absolute Gasteiger partial charge is 0.249 e. The standard InChI is InChI=1S/C17H18N2OS/c1-10-5-7-13(8-6-10)16-15-11(2)12(3)21-17(15)19(4)14(20)9-18-16/h5-8H,9H2,1-4H3. The van der Waals surface area contributed by atoms with Gasteiger partial charge in [-0.3, -0.25) is 9.79 Å². The van der Waals surface area contributed by atoms with Gasteiger partial charge in [0.1, 0.15) is 11.5 Å². The van der Waals surface area contributed by atoms with E-state index in [9.17, 15) is 4.79 Å². The molecule has 2 aromatic rings. The van der Waals surface area contributed by atoms with Crippen LogP contribution >= 0.6 is 11.3 Å². The predicted molar refractivity (Wildman–Crippen MR) is 88.9 cm³/mol. The van der Waals surface area contributed by atoms with Gasteiger partial charge in [0.25, 0.3) is 0 Å². The number of hydrogen-bond acceptors (Lipinski definition) is 3. The van der Waals surface area contributed by atoms with Crippen molar-refractivity contribution in [3.8, 4) is 0 Å². The first-order chi connectivity index (χ1) is 9.99. The van der Waals surface area contributed by atoms with E-state index in [2.05, 4.69) is 50.0 Å². The average molecular weight is 298 g/mol. The Kier molecular flexibility index (Phi) is 3.41. The van der Waals surface area contributed by atoms with Crippen LogP contribution in [0.4, 0.5) is 5.00 Å². The monoisotopic (exact) mass is 298 g/mol. The Morgan fingerprint density at radius 1 is 1.14 bits per heavy atom. The molecule has 0 bridgehead atoms. The molecule has 1 aromatic carbocycles. The number of thiophene rings is 1. The van der Waals surface area contributed by atoms with E-state index in [-0.39, 0.29) is 12.5 Å². The number of anilines is 1. The van der Waals surface area contributed by atoms with Gasteiger partial charge in [0.05, 0.1) is 5.71 Å². The zero-order valence-electron chi connectivity index (χ0n) is 12.7. The zero-order chi connectivity index (χ0) is 15.1. The third-order valence-electron chi connectivity index (χ3n) is 3.98. The first-order valence-corrected chi connectivity index (χ1v) is 7.79. The van der Waals surface area contributed by atoms with E-state index in [1.54, 1.807) is 16.2 Å². The molecule has 0 saturated heterocycles. The maximum atomic E-state index is 12.2. The Balaban J connectivity index is 2.23. The maximum absolute atomic E-state index is 12.2. The maximum Gasteiger partial charge on any atom is 0.249 e. The van der Waals surface area contributed by atoms with Gasteiger partial charge in [-0.25, -0.2) is 0 Å². The van der Waals surface area contributed by atoms with Gasteiger partial charge in [-0.15, -0.1) is 11.3 Å². The molecule has 0 spiro atoms.